The zero-order valence-corrected chi connectivity index (χ0v) is 15.5. The van der Waals surface area contributed by atoms with Crippen LogP contribution in [0.25, 0.3) is 0 Å². The summed E-state index contributed by atoms with van der Waals surface area (Å²) in [6.45, 7) is 1.56. The molecule has 1 aromatic rings. The van der Waals surface area contributed by atoms with Crippen molar-refractivity contribution in [3.8, 4) is 0 Å². The van der Waals surface area contributed by atoms with Gasteiger partial charge in [-0.25, -0.2) is 13.4 Å². The van der Waals surface area contributed by atoms with E-state index in [4.69, 9.17) is 0 Å². The van der Waals surface area contributed by atoms with Crippen LogP contribution >= 0.6 is 11.3 Å². The lowest BCUT2D eigenvalue weighted by molar-refractivity contribution is 0.299. The van der Waals surface area contributed by atoms with Gasteiger partial charge >= 0.3 is 0 Å². The number of anilines is 1. The average Bonchev–Trinajstić information content (AvgIpc) is 3.25. The van der Waals surface area contributed by atoms with E-state index >= 15 is 0 Å². The Morgan fingerprint density at radius 2 is 2.20 bits per heavy atom. The van der Waals surface area contributed by atoms with Crippen molar-refractivity contribution in [1.29, 1.82) is 0 Å². The Labute approximate surface area is 150 Å². The molecule has 1 aromatic heterocycles. The quantitative estimate of drug-likeness (QED) is 0.850. The highest BCUT2D eigenvalue weighted by molar-refractivity contribution is 7.92. The van der Waals surface area contributed by atoms with Gasteiger partial charge in [-0.1, -0.05) is 0 Å². The predicted octanol–water partition coefficient (Wildman–Crippen LogP) is 1.08. The van der Waals surface area contributed by atoms with E-state index in [1.165, 1.54) is 17.6 Å². The minimum Gasteiger partial charge on any atom is -0.329 e. The van der Waals surface area contributed by atoms with Crippen molar-refractivity contribution in [3.63, 3.8) is 0 Å². The summed E-state index contributed by atoms with van der Waals surface area (Å²) >= 11 is 1.19. The molecule has 8 nitrogen and oxygen atoms in total. The van der Waals surface area contributed by atoms with Crippen LogP contribution in [0.5, 0.6) is 0 Å². The highest BCUT2D eigenvalue weighted by Crippen LogP contribution is 2.28. The van der Waals surface area contributed by atoms with Crippen molar-refractivity contribution in [2.75, 3.05) is 31.7 Å². The molecule has 3 aliphatic rings. The number of amidine groups is 2. The molecule has 0 spiro atoms. The number of aliphatic imine (C=N–C) groups is 2. The minimum atomic E-state index is -3.20. The molecule has 3 aliphatic heterocycles. The minimum absolute atomic E-state index is 0.224. The first-order chi connectivity index (χ1) is 11.9. The van der Waals surface area contributed by atoms with Crippen molar-refractivity contribution < 1.29 is 8.42 Å². The second-order valence-corrected chi connectivity index (χ2v) is 9.53. The van der Waals surface area contributed by atoms with Gasteiger partial charge in [-0.2, -0.15) is 5.10 Å². The Balaban J connectivity index is 1.51. The number of nitrogens with one attached hydrogen (secondary N) is 1. The van der Waals surface area contributed by atoms with Gasteiger partial charge in [0.1, 0.15) is 4.21 Å². The molecule has 4 rings (SSSR count). The molecule has 132 valence electrons. The maximum absolute atomic E-state index is 11.6. The largest absolute Gasteiger partial charge is 0.329 e. The number of hydrogen-bond acceptors (Lipinski definition) is 9. The number of hydrogen-bond donors (Lipinski definition) is 1. The van der Waals surface area contributed by atoms with Crippen molar-refractivity contribution in [2.24, 2.45) is 21.0 Å². The molecular weight excluding hydrogens is 360 g/mol. The summed E-state index contributed by atoms with van der Waals surface area (Å²) in [6.07, 6.45) is 6.86. The van der Waals surface area contributed by atoms with Gasteiger partial charge < -0.3 is 10.2 Å². The molecule has 2 atom stereocenters. The van der Waals surface area contributed by atoms with Gasteiger partial charge in [-0.15, -0.1) is 11.3 Å². The maximum Gasteiger partial charge on any atom is 0.184 e. The van der Waals surface area contributed by atoms with Crippen molar-refractivity contribution in [2.45, 2.75) is 10.3 Å². The first kappa shape index (κ1) is 16.3. The summed E-state index contributed by atoms with van der Waals surface area (Å²) < 4.78 is 23.6. The van der Waals surface area contributed by atoms with Gasteiger partial charge in [-0.05, 0) is 12.1 Å². The fourth-order valence-corrected chi connectivity index (χ4v) is 4.90. The number of hydrazone groups is 1. The molecule has 0 saturated carbocycles. The Kier molecular flexibility index (Phi) is 3.88. The summed E-state index contributed by atoms with van der Waals surface area (Å²) in [7, 11) is -1.24. The normalized spacial score (nSPS) is 25.2. The lowest BCUT2D eigenvalue weighted by atomic mass is 10.0. The van der Waals surface area contributed by atoms with Gasteiger partial charge in [0, 0.05) is 44.4 Å². The number of sulfone groups is 1. The van der Waals surface area contributed by atoms with Gasteiger partial charge in [-0.3, -0.25) is 10.0 Å². The third kappa shape index (κ3) is 3.07. The molecule has 4 heterocycles. The Bertz CT molecular complexity index is 914. The van der Waals surface area contributed by atoms with Crippen LogP contribution in [0.4, 0.5) is 5.00 Å². The average molecular weight is 378 g/mol. The van der Waals surface area contributed by atoms with Crippen LogP contribution in [0.1, 0.15) is 0 Å². The van der Waals surface area contributed by atoms with Crippen LogP contribution in [-0.2, 0) is 9.84 Å². The van der Waals surface area contributed by atoms with E-state index in [1.807, 2.05) is 24.5 Å². The summed E-state index contributed by atoms with van der Waals surface area (Å²) in [4.78, 5) is 11.1. The lowest BCUT2D eigenvalue weighted by Crippen LogP contribution is -2.44. The third-order valence-electron chi connectivity index (χ3n) is 4.29. The van der Waals surface area contributed by atoms with Crippen LogP contribution in [0.3, 0.4) is 0 Å². The fraction of sp³-hybridized carbons (Fsp3) is 0.400. The maximum atomic E-state index is 11.6. The van der Waals surface area contributed by atoms with Crippen LogP contribution in [0.2, 0.25) is 0 Å². The molecule has 0 radical (unpaired) electrons. The molecule has 10 heteroatoms. The SMILES string of the molecule is CN1CC(C2CN=C3C(Nc4ccc(S(C)(=O)=O)s4)=NC=CN32)C=N1. The molecule has 0 amide bonds. The Morgan fingerprint density at radius 3 is 2.88 bits per heavy atom. The molecule has 0 fully saturated rings. The molecular formula is C15H18N6O2S2. The summed E-state index contributed by atoms with van der Waals surface area (Å²) in [6, 6.07) is 3.57. The molecule has 1 N–H and O–H groups in total. The molecule has 0 saturated heterocycles. The van der Waals surface area contributed by atoms with E-state index in [2.05, 4.69) is 25.3 Å². The standard InChI is InChI=1S/C15H18N6O2S2/c1-20-9-10(7-18-20)11-8-17-15-14(16-5-6-21(11)15)19-12-3-4-13(24-12)25(2,22)23/h3-7,10-11H,8-9H2,1-2H3,(H,16,19). The number of thiophene rings is 1. The van der Waals surface area contributed by atoms with E-state index in [0.29, 0.717) is 22.5 Å². The zero-order valence-electron chi connectivity index (χ0n) is 13.8. The zero-order chi connectivity index (χ0) is 17.6. The predicted molar refractivity (Wildman–Crippen MR) is 100 cm³/mol. The van der Waals surface area contributed by atoms with Gasteiger partial charge in [0.25, 0.3) is 0 Å². The first-order valence-corrected chi connectivity index (χ1v) is 10.5. The summed E-state index contributed by atoms with van der Waals surface area (Å²) in [5.41, 5.74) is 0. The monoisotopic (exact) mass is 378 g/mol. The van der Waals surface area contributed by atoms with Crippen molar-refractivity contribution in [3.05, 3.63) is 24.5 Å². The number of nitrogens with zero attached hydrogens (tertiary/aromatic N) is 5. The highest BCUT2D eigenvalue weighted by Gasteiger charge is 2.37. The van der Waals surface area contributed by atoms with Gasteiger partial charge in [0.15, 0.2) is 21.5 Å². The van der Waals surface area contributed by atoms with Crippen molar-refractivity contribution in [1.82, 2.24) is 9.91 Å². The van der Waals surface area contributed by atoms with Gasteiger partial charge in [0.2, 0.25) is 0 Å². The molecule has 2 unspecified atom stereocenters. The van der Waals surface area contributed by atoms with Crippen LogP contribution in [-0.4, -0.2) is 68.6 Å². The highest BCUT2D eigenvalue weighted by atomic mass is 32.2. The number of rotatable bonds is 3. The second-order valence-electron chi connectivity index (χ2n) is 6.20. The van der Waals surface area contributed by atoms with E-state index in [1.54, 1.807) is 18.3 Å². The third-order valence-corrected chi connectivity index (χ3v) is 7.11. The summed E-state index contributed by atoms with van der Waals surface area (Å²) in [5, 5.41) is 10.2. The molecule has 25 heavy (non-hydrogen) atoms. The topological polar surface area (TPSA) is 89.7 Å². The number of fused-ring (bicyclic) bond motifs is 1. The molecule has 0 bridgehead atoms. The first-order valence-electron chi connectivity index (χ1n) is 7.81. The van der Waals surface area contributed by atoms with Crippen LogP contribution in [0.15, 0.2) is 43.8 Å². The summed E-state index contributed by atoms with van der Waals surface area (Å²) in [5.74, 6) is 1.73. The van der Waals surface area contributed by atoms with Crippen LogP contribution < -0.4 is 5.32 Å². The van der Waals surface area contributed by atoms with Crippen LogP contribution in [0, 0.1) is 5.92 Å². The van der Waals surface area contributed by atoms with E-state index in [-0.39, 0.29) is 6.04 Å². The van der Waals surface area contributed by atoms with Crippen molar-refractivity contribution >= 4 is 44.1 Å². The fourth-order valence-electron chi connectivity index (χ4n) is 3.08. The van der Waals surface area contributed by atoms with E-state index in [0.717, 1.165) is 17.4 Å². The van der Waals surface area contributed by atoms with Gasteiger partial charge in [0.05, 0.1) is 17.6 Å². The Morgan fingerprint density at radius 1 is 1.36 bits per heavy atom. The second kappa shape index (κ2) is 5.95. The molecule has 0 aromatic carbocycles. The smallest absolute Gasteiger partial charge is 0.184 e. The van der Waals surface area contributed by atoms with E-state index < -0.39 is 9.84 Å². The molecule has 0 aliphatic carbocycles. The lowest BCUT2D eigenvalue weighted by Gasteiger charge is -2.29. The Hall–Kier alpha value is -2.20. The van der Waals surface area contributed by atoms with E-state index in [9.17, 15) is 8.42 Å².